The molecule has 100 valence electrons. The molecule has 0 spiro atoms. The average Bonchev–Trinajstić information content (AvgIpc) is 2.76. The van der Waals surface area contributed by atoms with Crippen molar-refractivity contribution in [2.24, 2.45) is 0 Å². The first kappa shape index (κ1) is 13.0. The summed E-state index contributed by atoms with van der Waals surface area (Å²) in [7, 11) is 2.00. The van der Waals surface area contributed by atoms with Crippen molar-refractivity contribution >= 4 is 23.2 Å². The molecule has 0 aromatic heterocycles. The van der Waals surface area contributed by atoms with Gasteiger partial charge in [-0.15, -0.1) is 0 Å². The summed E-state index contributed by atoms with van der Waals surface area (Å²) in [5.41, 5.74) is 2.93. The lowest BCUT2D eigenvalue weighted by atomic mass is 10.1. The Labute approximate surface area is 123 Å². The van der Waals surface area contributed by atoms with Crippen molar-refractivity contribution in [3.05, 3.63) is 70.8 Å². The molecular weight excluding hydrogens is 266 g/mol. The van der Waals surface area contributed by atoms with Gasteiger partial charge in [-0.1, -0.05) is 48.2 Å². The van der Waals surface area contributed by atoms with Crippen LogP contribution in [0.1, 0.15) is 15.9 Å². The summed E-state index contributed by atoms with van der Waals surface area (Å²) in [6.45, 7) is 1.96. The van der Waals surface area contributed by atoms with Crippen LogP contribution in [0.25, 0.3) is 0 Å². The van der Waals surface area contributed by atoms with Gasteiger partial charge in [-0.25, -0.2) is 0 Å². The fourth-order valence-electron chi connectivity index (χ4n) is 2.29. The van der Waals surface area contributed by atoms with Crippen LogP contribution in [0.4, 0.5) is 5.69 Å². The fourth-order valence-corrected chi connectivity index (χ4v) is 3.37. The van der Waals surface area contributed by atoms with Crippen LogP contribution in [0.5, 0.6) is 0 Å². The maximum absolute atomic E-state index is 12.4. The zero-order valence-corrected chi connectivity index (χ0v) is 12.3. The summed E-state index contributed by atoms with van der Waals surface area (Å²) in [6, 6.07) is 15.9. The molecule has 2 aromatic rings. The molecule has 0 aliphatic carbocycles. The van der Waals surface area contributed by atoms with E-state index in [1.807, 2.05) is 50.4 Å². The number of nitrogens with zero attached hydrogens (tertiary/aromatic N) is 1. The van der Waals surface area contributed by atoms with E-state index in [-0.39, 0.29) is 5.78 Å². The number of hydrogen-bond acceptors (Lipinski definition) is 3. The van der Waals surface area contributed by atoms with Crippen LogP contribution in [0.3, 0.4) is 0 Å². The van der Waals surface area contributed by atoms with Crippen molar-refractivity contribution in [3.63, 3.8) is 0 Å². The predicted octanol–water partition coefficient (Wildman–Crippen LogP) is 4.26. The molecule has 0 atom stereocenters. The summed E-state index contributed by atoms with van der Waals surface area (Å²) in [4.78, 5) is 15.7. The summed E-state index contributed by atoms with van der Waals surface area (Å²) < 4.78 is 0. The average molecular weight is 281 g/mol. The molecule has 0 saturated carbocycles. The molecule has 1 aliphatic rings. The molecule has 1 aliphatic heterocycles. The Hall–Kier alpha value is -2.00. The van der Waals surface area contributed by atoms with E-state index in [9.17, 15) is 4.79 Å². The van der Waals surface area contributed by atoms with Gasteiger partial charge in [0, 0.05) is 23.6 Å². The van der Waals surface area contributed by atoms with Gasteiger partial charge in [0.05, 0.1) is 10.7 Å². The highest BCUT2D eigenvalue weighted by atomic mass is 32.2. The minimum absolute atomic E-state index is 0.0604. The predicted molar refractivity (Wildman–Crippen MR) is 84.3 cm³/mol. The van der Waals surface area contributed by atoms with Gasteiger partial charge < -0.3 is 4.90 Å². The Balaban J connectivity index is 1.92. The monoisotopic (exact) mass is 281 g/mol. The minimum Gasteiger partial charge on any atom is -0.338 e. The Kier molecular flexibility index (Phi) is 3.36. The molecule has 0 fully saturated rings. The second kappa shape index (κ2) is 5.17. The van der Waals surface area contributed by atoms with Gasteiger partial charge in [0.1, 0.15) is 0 Å². The normalized spacial score (nSPS) is 15.5. The number of rotatable bonds is 2. The van der Waals surface area contributed by atoms with E-state index in [1.165, 1.54) is 4.90 Å². The van der Waals surface area contributed by atoms with E-state index in [2.05, 4.69) is 17.0 Å². The number of benzene rings is 2. The smallest absolute Gasteiger partial charge is 0.188 e. The van der Waals surface area contributed by atoms with Crippen molar-refractivity contribution in [1.29, 1.82) is 0 Å². The molecule has 2 aromatic carbocycles. The van der Waals surface area contributed by atoms with E-state index in [0.717, 1.165) is 21.8 Å². The van der Waals surface area contributed by atoms with Gasteiger partial charge >= 0.3 is 0 Å². The van der Waals surface area contributed by atoms with Gasteiger partial charge in [-0.05, 0) is 24.6 Å². The molecule has 20 heavy (non-hydrogen) atoms. The number of carbonyl (C=O) groups excluding carboxylic acids is 1. The van der Waals surface area contributed by atoms with Crippen molar-refractivity contribution < 1.29 is 4.79 Å². The number of thioether (sulfide) groups is 1. The SMILES string of the molecule is Cc1ccccc1C(=O)C=C1Sc2ccccc2N1C. The van der Waals surface area contributed by atoms with Gasteiger partial charge in [-0.2, -0.15) is 0 Å². The Morgan fingerprint density at radius 1 is 1.10 bits per heavy atom. The second-order valence-electron chi connectivity index (χ2n) is 4.79. The molecule has 3 heteroatoms. The van der Waals surface area contributed by atoms with Crippen LogP contribution >= 0.6 is 11.8 Å². The van der Waals surface area contributed by atoms with E-state index in [4.69, 9.17) is 0 Å². The lowest BCUT2D eigenvalue weighted by Crippen LogP contribution is -2.11. The van der Waals surface area contributed by atoms with Crippen LogP contribution in [0.15, 0.2) is 64.5 Å². The number of carbonyl (C=O) groups is 1. The maximum atomic E-state index is 12.4. The first-order chi connectivity index (χ1) is 9.66. The topological polar surface area (TPSA) is 20.3 Å². The van der Waals surface area contributed by atoms with Crippen molar-refractivity contribution in [1.82, 2.24) is 0 Å². The summed E-state index contributed by atoms with van der Waals surface area (Å²) in [6.07, 6.45) is 1.73. The van der Waals surface area contributed by atoms with E-state index < -0.39 is 0 Å². The Bertz CT molecular complexity index is 706. The van der Waals surface area contributed by atoms with Crippen LogP contribution in [0, 0.1) is 6.92 Å². The van der Waals surface area contributed by atoms with Gasteiger partial charge in [0.15, 0.2) is 5.78 Å². The van der Waals surface area contributed by atoms with Crippen LogP contribution in [0.2, 0.25) is 0 Å². The third kappa shape index (κ3) is 2.25. The molecule has 0 saturated heterocycles. The molecule has 0 N–H and O–H groups in total. The van der Waals surface area contributed by atoms with Crippen LogP contribution < -0.4 is 4.90 Å². The summed E-state index contributed by atoms with van der Waals surface area (Å²) in [5, 5.41) is 0.972. The number of hydrogen-bond donors (Lipinski definition) is 0. The van der Waals surface area contributed by atoms with E-state index in [1.54, 1.807) is 17.8 Å². The first-order valence-corrected chi connectivity index (χ1v) is 7.31. The number of ketones is 1. The lowest BCUT2D eigenvalue weighted by Gasteiger charge is -2.13. The van der Waals surface area contributed by atoms with Crippen molar-refractivity contribution in [2.75, 3.05) is 11.9 Å². The summed E-state index contributed by atoms with van der Waals surface area (Å²) >= 11 is 1.64. The number of allylic oxidation sites excluding steroid dienone is 1. The van der Waals surface area contributed by atoms with Crippen LogP contribution in [-0.2, 0) is 0 Å². The highest BCUT2D eigenvalue weighted by Crippen LogP contribution is 2.44. The van der Waals surface area contributed by atoms with Gasteiger partial charge in [0.25, 0.3) is 0 Å². The zero-order valence-electron chi connectivity index (χ0n) is 11.5. The number of aryl methyl sites for hydroxylation is 1. The highest BCUT2D eigenvalue weighted by Gasteiger charge is 2.22. The number of para-hydroxylation sites is 1. The van der Waals surface area contributed by atoms with E-state index >= 15 is 0 Å². The molecule has 0 unspecified atom stereocenters. The second-order valence-corrected chi connectivity index (χ2v) is 5.85. The van der Waals surface area contributed by atoms with Crippen LogP contribution in [-0.4, -0.2) is 12.8 Å². The fraction of sp³-hybridized carbons (Fsp3) is 0.118. The lowest BCUT2D eigenvalue weighted by molar-refractivity contribution is 0.104. The Morgan fingerprint density at radius 3 is 2.55 bits per heavy atom. The third-order valence-corrected chi connectivity index (χ3v) is 4.60. The zero-order chi connectivity index (χ0) is 14.1. The highest BCUT2D eigenvalue weighted by molar-refractivity contribution is 8.03. The van der Waals surface area contributed by atoms with Gasteiger partial charge in [-0.3, -0.25) is 4.79 Å². The minimum atomic E-state index is 0.0604. The number of fused-ring (bicyclic) bond motifs is 1. The van der Waals surface area contributed by atoms with Crippen molar-refractivity contribution in [2.45, 2.75) is 11.8 Å². The Morgan fingerprint density at radius 2 is 1.80 bits per heavy atom. The molecule has 3 rings (SSSR count). The quantitative estimate of drug-likeness (QED) is 0.606. The summed E-state index contributed by atoms with van der Waals surface area (Å²) in [5.74, 6) is 0.0604. The third-order valence-electron chi connectivity index (χ3n) is 3.44. The molecule has 0 bridgehead atoms. The maximum Gasteiger partial charge on any atom is 0.188 e. The largest absolute Gasteiger partial charge is 0.338 e. The standard InChI is InChI=1S/C17H15NOS/c1-12-7-3-4-8-13(12)15(19)11-17-18(2)14-9-5-6-10-16(14)20-17/h3-11H,1-2H3. The molecule has 0 radical (unpaired) electrons. The molecule has 2 nitrogen and oxygen atoms in total. The first-order valence-electron chi connectivity index (χ1n) is 6.49. The number of anilines is 1. The van der Waals surface area contributed by atoms with E-state index in [0.29, 0.717) is 0 Å². The molecular formula is C17H15NOS. The van der Waals surface area contributed by atoms with Crippen molar-refractivity contribution in [3.8, 4) is 0 Å². The molecule has 0 amide bonds. The van der Waals surface area contributed by atoms with Gasteiger partial charge in [0.2, 0.25) is 0 Å². The molecule has 1 heterocycles.